The number of piperidine rings is 1. The van der Waals surface area contributed by atoms with Crippen molar-refractivity contribution in [2.75, 3.05) is 20.2 Å². The lowest BCUT2D eigenvalue weighted by molar-refractivity contribution is -0.140. The van der Waals surface area contributed by atoms with Gasteiger partial charge in [0.1, 0.15) is 6.61 Å². The van der Waals surface area contributed by atoms with E-state index in [1.807, 2.05) is 35.2 Å². The summed E-state index contributed by atoms with van der Waals surface area (Å²) in [5.41, 5.74) is 1.09. The van der Waals surface area contributed by atoms with Crippen LogP contribution in [0.4, 0.5) is 4.79 Å². The van der Waals surface area contributed by atoms with Crippen molar-refractivity contribution >= 4 is 15.5 Å². The Kier molecular flexibility index (Phi) is 5.77. The lowest BCUT2D eigenvalue weighted by Crippen LogP contribution is -2.33. The molecule has 2 aliphatic heterocycles. The lowest BCUT2D eigenvalue weighted by atomic mass is 10.1. The maximum atomic E-state index is 11.9. The second kappa shape index (κ2) is 7.58. The molecule has 3 rings (SSSR count). The molecule has 0 N–H and O–H groups in total. The third kappa shape index (κ3) is 3.69. The van der Waals surface area contributed by atoms with Crippen LogP contribution >= 0.6 is 9.47 Å². The van der Waals surface area contributed by atoms with Crippen LogP contribution in [0.1, 0.15) is 18.4 Å². The summed E-state index contributed by atoms with van der Waals surface area (Å²) in [4.78, 5) is 19.5. The maximum Gasteiger partial charge on any atom is 0.344 e. The summed E-state index contributed by atoms with van der Waals surface area (Å²) < 4.78 is 4.17. The van der Waals surface area contributed by atoms with Gasteiger partial charge in [-0.05, 0) is 27.9 Å². The van der Waals surface area contributed by atoms with Crippen molar-refractivity contribution < 1.29 is 14.2 Å². The fourth-order valence-corrected chi connectivity index (χ4v) is 2.49. The van der Waals surface area contributed by atoms with Gasteiger partial charge in [0.2, 0.25) is 0 Å². The van der Waals surface area contributed by atoms with E-state index in [0.29, 0.717) is 6.61 Å². The molecule has 0 spiro atoms. The Hall–Kier alpha value is -1.16. The van der Waals surface area contributed by atoms with E-state index in [0.717, 1.165) is 31.5 Å². The fraction of sp³-hybridized carbons (Fsp3) is 0.500. The number of hydrogen-bond donors (Lipinski definition) is 0. The summed E-state index contributed by atoms with van der Waals surface area (Å²) in [7, 11) is 3.67. The number of carbonyl (C=O) groups is 1. The Morgan fingerprint density at radius 1 is 1.35 bits per heavy atom. The van der Waals surface area contributed by atoms with Crippen LogP contribution in [0.15, 0.2) is 30.3 Å². The van der Waals surface area contributed by atoms with Crippen molar-refractivity contribution in [2.24, 2.45) is 0 Å². The van der Waals surface area contributed by atoms with Crippen molar-refractivity contribution in [1.82, 2.24) is 9.96 Å². The molecule has 2 saturated heterocycles. The number of hydroxylamine groups is 2. The normalized spacial score (nSPS) is 20.7. The fourth-order valence-electron chi connectivity index (χ4n) is 2.49. The van der Waals surface area contributed by atoms with Gasteiger partial charge in [0, 0.05) is 20.2 Å². The molecular formula is C14H21N2O3P. The molecule has 1 aromatic carbocycles. The molecule has 2 unspecified atom stereocenters. The number of rotatable bonds is 3. The molecule has 6 heteroatoms. The number of amides is 2. The Morgan fingerprint density at radius 2 is 2.05 bits per heavy atom. The highest BCUT2D eigenvalue weighted by atomic mass is 31.0. The van der Waals surface area contributed by atoms with E-state index in [2.05, 4.69) is 14.0 Å². The maximum absolute atomic E-state index is 11.9. The van der Waals surface area contributed by atoms with Gasteiger partial charge in [-0.1, -0.05) is 30.3 Å². The predicted molar refractivity (Wildman–Crippen MR) is 79.8 cm³/mol. The topological polar surface area (TPSA) is 42.0 Å². The summed E-state index contributed by atoms with van der Waals surface area (Å²) >= 11 is 0. The van der Waals surface area contributed by atoms with Crippen molar-refractivity contribution in [3.8, 4) is 0 Å². The van der Waals surface area contributed by atoms with Crippen molar-refractivity contribution in [3.05, 3.63) is 35.9 Å². The number of benzene rings is 1. The minimum Gasteiger partial charge on any atom is -0.369 e. The van der Waals surface area contributed by atoms with Gasteiger partial charge in [-0.25, -0.2) is 4.79 Å². The molecule has 2 atom stereocenters. The van der Waals surface area contributed by atoms with Crippen LogP contribution in [0.25, 0.3) is 0 Å². The van der Waals surface area contributed by atoms with Crippen LogP contribution in [0.2, 0.25) is 0 Å². The van der Waals surface area contributed by atoms with Crippen LogP contribution in [-0.2, 0) is 16.0 Å². The number of hydrogen-bond acceptors (Lipinski definition) is 3. The molecule has 110 valence electrons. The van der Waals surface area contributed by atoms with Crippen molar-refractivity contribution in [3.63, 3.8) is 0 Å². The van der Waals surface area contributed by atoms with E-state index in [1.165, 1.54) is 0 Å². The minimum absolute atomic E-state index is 0.0310. The van der Waals surface area contributed by atoms with Gasteiger partial charge in [-0.15, -0.1) is 0 Å². The quantitative estimate of drug-likeness (QED) is 0.805. The van der Waals surface area contributed by atoms with E-state index >= 15 is 0 Å². The summed E-state index contributed by atoms with van der Waals surface area (Å²) in [5, 5.41) is 1.57. The number of carbonyl (C=O) groups excluding carboxylic acids is 1. The molecule has 0 radical (unpaired) electrons. The smallest absolute Gasteiger partial charge is 0.344 e. The largest absolute Gasteiger partial charge is 0.369 e. The van der Waals surface area contributed by atoms with Crippen molar-refractivity contribution in [2.45, 2.75) is 25.5 Å². The second-order valence-corrected chi connectivity index (χ2v) is 5.32. The Balaban J connectivity index is 0.000000452. The Labute approximate surface area is 122 Å². The predicted octanol–water partition coefficient (Wildman–Crippen LogP) is 2.44. The first-order valence-corrected chi connectivity index (χ1v) is 7.21. The molecule has 2 heterocycles. The molecule has 1 aromatic rings. The molecule has 0 aromatic heterocycles. The van der Waals surface area contributed by atoms with E-state index in [4.69, 9.17) is 4.84 Å². The first-order chi connectivity index (χ1) is 9.76. The van der Waals surface area contributed by atoms with Crippen LogP contribution < -0.4 is 0 Å². The van der Waals surface area contributed by atoms with E-state index in [1.54, 1.807) is 12.2 Å². The van der Waals surface area contributed by atoms with Gasteiger partial charge < -0.3 is 9.42 Å². The molecule has 0 aliphatic carbocycles. The summed E-state index contributed by atoms with van der Waals surface area (Å²) in [5.74, 6) is 0. The average molecular weight is 296 g/mol. The number of urea groups is 1. The first kappa shape index (κ1) is 15.2. The van der Waals surface area contributed by atoms with Gasteiger partial charge in [0.05, 0.1) is 6.04 Å². The summed E-state index contributed by atoms with van der Waals surface area (Å²) in [6.07, 6.45) is 2.14. The highest BCUT2D eigenvalue weighted by Gasteiger charge is 2.40. The van der Waals surface area contributed by atoms with Gasteiger partial charge in [-0.3, -0.25) is 4.84 Å². The first-order valence-electron chi connectivity index (χ1n) is 6.74. The minimum atomic E-state index is 0.0310. The highest BCUT2D eigenvalue weighted by Crippen LogP contribution is 2.25. The van der Waals surface area contributed by atoms with Crippen LogP contribution in [-0.4, -0.2) is 42.2 Å². The summed E-state index contributed by atoms with van der Waals surface area (Å²) in [6, 6.07) is 10.2. The average Bonchev–Trinajstić information content (AvgIpc) is 2.69. The SMILES string of the molecule is COP.O=C1N2CCCC(C2)N1OCc1ccccc1. The molecule has 2 amide bonds. The zero-order valence-electron chi connectivity index (χ0n) is 11.7. The molecule has 0 saturated carbocycles. The van der Waals surface area contributed by atoms with Crippen LogP contribution in [0.5, 0.6) is 0 Å². The van der Waals surface area contributed by atoms with Crippen molar-refractivity contribution in [1.29, 1.82) is 0 Å². The Morgan fingerprint density at radius 3 is 2.70 bits per heavy atom. The third-order valence-corrected chi connectivity index (χ3v) is 3.40. The molecule has 5 nitrogen and oxygen atoms in total. The molecule has 20 heavy (non-hydrogen) atoms. The molecular weight excluding hydrogens is 275 g/mol. The third-order valence-electron chi connectivity index (χ3n) is 3.40. The number of fused-ring (bicyclic) bond motifs is 2. The lowest BCUT2D eigenvalue weighted by Gasteiger charge is -2.22. The van der Waals surface area contributed by atoms with Crippen LogP contribution in [0, 0.1) is 0 Å². The van der Waals surface area contributed by atoms with E-state index in [-0.39, 0.29) is 12.1 Å². The van der Waals surface area contributed by atoms with Gasteiger partial charge >= 0.3 is 6.03 Å². The van der Waals surface area contributed by atoms with E-state index in [9.17, 15) is 4.79 Å². The standard InChI is InChI=1S/C13H16N2O2.CH5OP/c16-13-14-8-4-7-12(9-14)15(13)17-10-11-5-2-1-3-6-11;1-2-3/h1-3,5-6,12H,4,7-10H2;3H2,1H3. The van der Waals surface area contributed by atoms with Crippen LogP contribution in [0.3, 0.4) is 0 Å². The monoisotopic (exact) mass is 296 g/mol. The highest BCUT2D eigenvalue weighted by molar-refractivity contribution is 7.09. The van der Waals surface area contributed by atoms with Gasteiger partial charge in [0.25, 0.3) is 0 Å². The zero-order valence-corrected chi connectivity index (χ0v) is 12.9. The molecule has 2 aliphatic rings. The summed E-state index contributed by atoms with van der Waals surface area (Å²) in [6.45, 7) is 2.17. The number of nitrogens with zero attached hydrogens (tertiary/aromatic N) is 2. The molecule has 2 fully saturated rings. The van der Waals surface area contributed by atoms with Gasteiger partial charge in [0.15, 0.2) is 0 Å². The zero-order chi connectivity index (χ0) is 14.4. The molecule has 2 bridgehead atoms. The van der Waals surface area contributed by atoms with Gasteiger partial charge in [-0.2, -0.15) is 5.06 Å². The van der Waals surface area contributed by atoms with E-state index < -0.39 is 0 Å². The second-order valence-electron chi connectivity index (χ2n) is 4.85. The Bertz CT molecular complexity index is 430.